The van der Waals surface area contributed by atoms with Crippen LogP contribution in [0, 0.1) is 10.1 Å². The molecule has 0 spiro atoms. The fourth-order valence-electron chi connectivity index (χ4n) is 0.883. The highest BCUT2D eigenvalue weighted by atomic mass is 16.6. The van der Waals surface area contributed by atoms with Crippen molar-refractivity contribution in [3.05, 3.63) is 39.9 Å². The van der Waals surface area contributed by atoms with Crippen LogP contribution in [0.4, 0.5) is 5.69 Å². The lowest BCUT2D eigenvalue weighted by atomic mass is 10.2. The molecule has 2 N–H and O–H groups in total. The van der Waals surface area contributed by atoms with E-state index in [0.717, 1.165) is 0 Å². The van der Waals surface area contributed by atoms with Crippen LogP contribution in [0.2, 0.25) is 0 Å². The second-order valence-electron chi connectivity index (χ2n) is 2.90. The van der Waals surface area contributed by atoms with Crippen molar-refractivity contribution in [3.8, 4) is 0 Å². The van der Waals surface area contributed by atoms with E-state index in [2.05, 4.69) is 0 Å². The third-order valence-corrected chi connectivity index (χ3v) is 1.56. The molecule has 1 rings (SSSR count). The van der Waals surface area contributed by atoms with E-state index in [4.69, 9.17) is 10.2 Å². The Morgan fingerprint density at radius 2 is 1.72 bits per heavy atom. The first kappa shape index (κ1) is 15.2. The summed E-state index contributed by atoms with van der Waals surface area (Å²) in [7, 11) is 0. The van der Waals surface area contributed by atoms with Gasteiger partial charge < -0.3 is 10.2 Å². The summed E-state index contributed by atoms with van der Waals surface area (Å²) in [5.74, 6) is -2.62. The molecule has 0 saturated carbocycles. The zero-order valence-electron chi connectivity index (χ0n) is 8.98. The first-order valence-corrected chi connectivity index (χ1v) is 4.50. The SMILES string of the molecule is O=C(O)CC(=O)O.O=Cc1ccccc1[N+](=O)[O-]. The quantitative estimate of drug-likeness (QED) is 0.354. The lowest BCUT2D eigenvalue weighted by molar-refractivity contribution is -0.385. The van der Waals surface area contributed by atoms with Crippen molar-refractivity contribution in [2.75, 3.05) is 0 Å². The van der Waals surface area contributed by atoms with Gasteiger partial charge in [-0.3, -0.25) is 24.5 Å². The molecule has 0 unspecified atom stereocenters. The minimum Gasteiger partial charge on any atom is -0.481 e. The Balaban J connectivity index is 0.000000360. The summed E-state index contributed by atoms with van der Waals surface area (Å²) in [6, 6.07) is 5.80. The number of carboxylic acid groups (broad SMARTS) is 2. The second kappa shape index (κ2) is 7.49. The van der Waals surface area contributed by atoms with Gasteiger partial charge in [-0.05, 0) is 6.07 Å². The number of aldehydes is 1. The van der Waals surface area contributed by atoms with Gasteiger partial charge in [-0.25, -0.2) is 0 Å². The van der Waals surface area contributed by atoms with Gasteiger partial charge in [0.2, 0.25) is 0 Å². The van der Waals surface area contributed by atoms with Gasteiger partial charge >= 0.3 is 11.9 Å². The standard InChI is InChI=1S/C7H5NO3.C3H4O4/c9-5-6-3-1-2-4-7(6)8(10)11;4-2(5)1-3(6)7/h1-5H;1H2,(H,4,5)(H,6,7). The van der Waals surface area contributed by atoms with Crippen molar-refractivity contribution in [1.82, 2.24) is 0 Å². The summed E-state index contributed by atoms with van der Waals surface area (Å²) >= 11 is 0. The molecule has 0 radical (unpaired) electrons. The molecular weight excluding hydrogens is 246 g/mol. The molecule has 1 aromatic rings. The maximum Gasteiger partial charge on any atom is 0.314 e. The molecule has 0 fully saturated rings. The highest BCUT2D eigenvalue weighted by Crippen LogP contribution is 2.14. The average Bonchev–Trinajstić information content (AvgIpc) is 2.27. The van der Waals surface area contributed by atoms with E-state index in [1.165, 1.54) is 18.2 Å². The van der Waals surface area contributed by atoms with Crippen LogP contribution in [-0.4, -0.2) is 33.4 Å². The van der Waals surface area contributed by atoms with E-state index < -0.39 is 23.3 Å². The summed E-state index contributed by atoms with van der Waals surface area (Å²) in [6.45, 7) is 0. The van der Waals surface area contributed by atoms with E-state index in [-0.39, 0.29) is 11.3 Å². The van der Waals surface area contributed by atoms with Crippen LogP contribution in [0.15, 0.2) is 24.3 Å². The predicted octanol–water partition coefficient (Wildman–Crippen LogP) is 0.953. The summed E-state index contributed by atoms with van der Waals surface area (Å²) in [4.78, 5) is 38.7. The molecule has 0 bridgehead atoms. The molecule has 0 heterocycles. The number of nitrogens with zero attached hydrogens (tertiary/aromatic N) is 1. The Morgan fingerprint density at radius 1 is 1.22 bits per heavy atom. The number of nitro benzene ring substituents is 1. The summed E-state index contributed by atoms with van der Waals surface area (Å²) in [6.07, 6.45) is -0.335. The van der Waals surface area contributed by atoms with Crippen LogP contribution >= 0.6 is 0 Å². The molecular formula is C10H9NO7. The Kier molecular flexibility index (Phi) is 6.34. The molecule has 0 aromatic heterocycles. The van der Waals surface area contributed by atoms with E-state index in [9.17, 15) is 24.5 Å². The molecule has 0 saturated heterocycles. The largest absolute Gasteiger partial charge is 0.481 e. The number of hydrogen-bond donors (Lipinski definition) is 2. The molecule has 18 heavy (non-hydrogen) atoms. The minimum absolute atomic E-state index is 0.109. The predicted molar refractivity (Wildman–Crippen MR) is 58.4 cm³/mol. The number of carboxylic acids is 2. The number of hydrogen-bond acceptors (Lipinski definition) is 5. The van der Waals surface area contributed by atoms with E-state index in [1.807, 2.05) is 0 Å². The number of para-hydroxylation sites is 1. The van der Waals surface area contributed by atoms with Gasteiger partial charge in [0.15, 0.2) is 6.29 Å². The van der Waals surface area contributed by atoms with E-state index in [1.54, 1.807) is 6.07 Å². The first-order valence-electron chi connectivity index (χ1n) is 4.50. The third kappa shape index (κ3) is 5.95. The third-order valence-electron chi connectivity index (χ3n) is 1.56. The van der Waals surface area contributed by atoms with Crippen molar-refractivity contribution in [2.45, 2.75) is 6.42 Å². The van der Waals surface area contributed by atoms with E-state index >= 15 is 0 Å². The highest BCUT2D eigenvalue weighted by molar-refractivity contribution is 5.88. The van der Waals surface area contributed by atoms with Crippen molar-refractivity contribution in [3.63, 3.8) is 0 Å². The van der Waals surface area contributed by atoms with Gasteiger partial charge in [0.25, 0.3) is 5.69 Å². The van der Waals surface area contributed by atoms with Crippen LogP contribution in [0.3, 0.4) is 0 Å². The van der Waals surface area contributed by atoms with Crippen LogP contribution in [-0.2, 0) is 9.59 Å². The van der Waals surface area contributed by atoms with Crippen LogP contribution in [0.1, 0.15) is 16.8 Å². The number of carbonyl (C=O) groups is 3. The minimum atomic E-state index is -1.31. The normalized spacial score (nSPS) is 8.67. The van der Waals surface area contributed by atoms with Crippen molar-refractivity contribution in [1.29, 1.82) is 0 Å². The number of rotatable bonds is 4. The molecule has 96 valence electrons. The average molecular weight is 255 g/mol. The lowest BCUT2D eigenvalue weighted by Gasteiger charge is -1.91. The highest BCUT2D eigenvalue weighted by Gasteiger charge is 2.09. The lowest BCUT2D eigenvalue weighted by Crippen LogP contribution is -2.03. The molecule has 8 heteroatoms. The molecule has 0 aliphatic heterocycles. The number of benzene rings is 1. The number of carbonyl (C=O) groups excluding carboxylic acids is 1. The Bertz CT molecular complexity index is 457. The van der Waals surface area contributed by atoms with Gasteiger partial charge in [-0.1, -0.05) is 12.1 Å². The van der Waals surface area contributed by atoms with Gasteiger partial charge in [-0.15, -0.1) is 0 Å². The maximum absolute atomic E-state index is 10.2. The zero-order chi connectivity index (χ0) is 14.1. The van der Waals surface area contributed by atoms with Crippen molar-refractivity contribution in [2.24, 2.45) is 0 Å². The fourth-order valence-corrected chi connectivity index (χ4v) is 0.883. The monoisotopic (exact) mass is 255 g/mol. The number of aliphatic carboxylic acids is 2. The van der Waals surface area contributed by atoms with Crippen molar-refractivity contribution >= 4 is 23.9 Å². The first-order chi connectivity index (χ1) is 8.38. The molecule has 1 aromatic carbocycles. The summed E-state index contributed by atoms with van der Waals surface area (Å²) in [5, 5.41) is 25.6. The summed E-state index contributed by atoms with van der Waals surface area (Å²) < 4.78 is 0. The number of nitro groups is 1. The van der Waals surface area contributed by atoms with E-state index in [0.29, 0.717) is 6.29 Å². The molecule has 0 atom stereocenters. The van der Waals surface area contributed by atoms with Crippen LogP contribution in [0.5, 0.6) is 0 Å². The van der Waals surface area contributed by atoms with Gasteiger partial charge in [0.1, 0.15) is 6.42 Å². The molecule has 0 aliphatic rings. The molecule has 0 aliphatic carbocycles. The Hall–Kier alpha value is -2.77. The molecule has 8 nitrogen and oxygen atoms in total. The molecule has 0 amide bonds. The van der Waals surface area contributed by atoms with Crippen LogP contribution < -0.4 is 0 Å². The Morgan fingerprint density at radius 3 is 2.00 bits per heavy atom. The van der Waals surface area contributed by atoms with Gasteiger partial charge in [0, 0.05) is 6.07 Å². The second-order valence-corrected chi connectivity index (χ2v) is 2.90. The Labute approximate surface area is 101 Å². The van der Waals surface area contributed by atoms with Gasteiger partial charge in [0.05, 0.1) is 10.5 Å². The maximum atomic E-state index is 10.2. The smallest absolute Gasteiger partial charge is 0.314 e. The van der Waals surface area contributed by atoms with Gasteiger partial charge in [-0.2, -0.15) is 0 Å². The topological polar surface area (TPSA) is 135 Å². The fraction of sp³-hybridized carbons (Fsp3) is 0.100. The zero-order valence-corrected chi connectivity index (χ0v) is 8.98. The van der Waals surface area contributed by atoms with Crippen molar-refractivity contribution < 1.29 is 29.5 Å². The van der Waals surface area contributed by atoms with Crippen LogP contribution in [0.25, 0.3) is 0 Å². The summed E-state index contributed by atoms with van der Waals surface area (Å²) in [5.41, 5.74) is -0.0417.